The van der Waals surface area contributed by atoms with Gasteiger partial charge in [-0.3, -0.25) is 4.79 Å². The number of methoxy groups -OCH3 is 1. The van der Waals surface area contributed by atoms with Crippen molar-refractivity contribution >= 4 is 6.29 Å². The lowest BCUT2D eigenvalue weighted by atomic mass is 10.0. The van der Waals surface area contributed by atoms with Gasteiger partial charge in [-0.05, 0) is 50.0 Å². The molecule has 0 saturated heterocycles. The Hall–Kier alpha value is -1.77. The van der Waals surface area contributed by atoms with E-state index in [1.165, 1.54) is 19.3 Å². The van der Waals surface area contributed by atoms with Crippen LogP contribution in [0, 0.1) is 0 Å². The van der Waals surface area contributed by atoms with Gasteiger partial charge in [-0.25, -0.2) is 0 Å². The van der Waals surface area contributed by atoms with Gasteiger partial charge in [-0.15, -0.1) is 0 Å². The Bertz CT molecular complexity index is 451. The number of carbonyl (C=O) groups is 1. The Morgan fingerprint density at radius 1 is 1.26 bits per heavy atom. The van der Waals surface area contributed by atoms with Gasteiger partial charge in [-0.1, -0.05) is 12.5 Å². The van der Waals surface area contributed by atoms with E-state index in [1.54, 1.807) is 19.2 Å². The van der Waals surface area contributed by atoms with Crippen molar-refractivity contribution in [1.29, 1.82) is 0 Å². The van der Waals surface area contributed by atoms with E-state index in [0.29, 0.717) is 17.1 Å². The quantitative estimate of drug-likeness (QED) is 0.610. The van der Waals surface area contributed by atoms with Gasteiger partial charge >= 0.3 is 0 Å². The molecule has 2 rings (SSSR count). The predicted octanol–water partition coefficient (Wildman–Crippen LogP) is 3.78. The second kappa shape index (κ2) is 6.98. The monoisotopic (exact) mass is 260 g/mol. The Morgan fingerprint density at radius 3 is 2.95 bits per heavy atom. The topological polar surface area (TPSA) is 35.5 Å². The van der Waals surface area contributed by atoms with Gasteiger partial charge in [0.2, 0.25) is 0 Å². The zero-order valence-electron chi connectivity index (χ0n) is 11.3. The fraction of sp³-hybridized carbons (Fsp3) is 0.438. The maximum absolute atomic E-state index is 11.1. The fourth-order valence-electron chi connectivity index (χ4n) is 2.24. The van der Waals surface area contributed by atoms with Crippen molar-refractivity contribution in [2.45, 2.75) is 38.2 Å². The number of carbonyl (C=O) groups excluding carboxylic acids is 1. The molecule has 1 aromatic rings. The molecule has 102 valence electrons. The molecule has 19 heavy (non-hydrogen) atoms. The first-order valence-corrected chi connectivity index (χ1v) is 6.80. The van der Waals surface area contributed by atoms with Crippen LogP contribution < -0.4 is 9.47 Å². The fourth-order valence-corrected chi connectivity index (χ4v) is 2.24. The third kappa shape index (κ3) is 3.85. The summed E-state index contributed by atoms with van der Waals surface area (Å²) in [4.78, 5) is 11.1. The molecule has 1 aromatic carbocycles. The molecule has 0 N–H and O–H groups in total. The van der Waals surface area contributed by atoms with Crippen molar-refractivity contribution in [2.24, 2.45) is 0 Å². The van der Waals surface area contributed by atoms with Gasteiger partial charge in [0.25, 0.3) is 0 Å². The van der Waals surface area contributed by atoms with Crippen LogP contribution in [-0.4, -0.2) is 19.5 Å². The van der Waals surface area contributed by atoms with Crippen LogP contribution in [0.25, 0.3) is 0 Å². The summed E-state index contributed by atoms with van der Waals surface area (Å²) in [5, 5.41) is 0. The summed E-state index contributed by atoms with van der Waals surface area (Å²) in [6.45, 7) is 0. The third-order valence-electron chi connectivity index (χ3n) is 3.33. The van der Waals surface area contributed by atoms with Crippen molar-refractivity contribution < 1.29 is 14.3 Å². The predicted molar refractivity (Wildman–Crippen MR) is 75.0 cm³/mol. The molecule has 0 aliphatic heterocycles. The molecule has 1 aliphatic rings. The summed E-state index contributed by atoms with van der Waals surface area (Å²) in [6.07, 6.45) is 10.9. The van der Waals surface area contributed by atoms with Crippen LogP contribution >= 0.6 is 0 Å². The second-order valence-corrected chi connectivity index (χ2v) is 4.74. The standard InChI is InChI=1S/C16H20O3/c1-18-15-9-10-16(13(11-15)12-17)19-14-7-5-3-2-4-6-8-14/h5,7,9-12,14H,2-4,6,8H2,1H3/b7-5+. The highest BCUT2D eigenvalue weighted by molar-refractivity contribution is 5.80. The van der Waals surface area contributed by atoms with Crippen LogP contribution in [0.3, 0.4) is 0 Å². The summed E-state index contributed by atoms with van der Waals surface area (Å²) in [5.41, 5.74) is 0.537. The molecule has 1 aliphatic carbocycles. The van der Waals surface area contributed by atoms with Gasteiger partial charge in [0.15, 0.2) is 6.29 Å². The average molecular weight is 260 g/mol. The third-order valence-corrected chi connectivity index (χ3v) is 3.33. The number of ether oxygens (including phenoxy) is 2. The van der Waals surface area contributed by atoms with Gasteiger partial charge in [0, 0.05) is 0 Å². The maximum atomic E-state index is 11.1. The van der Waals surface area contributed by atoms with Crippen LogP contribution in [-0.2, 0) is 0 Å². The van der Waals surface area contributed by atoms with Crippen molar-refractivity contribution in [3.63, 3.8) is 0 Å². The highest BCUT2D eigenvalue weighted by atomic mass is 16.5. The Morgan fingerprint density at radius 2 is 2.16 bits per heavy atom. The number of hydrogen-bond acceptors (Lipinski definition) is 3. The SMILES string of the molecule is COc1ccc(OC2/C=C/CCCCC2)c(C=O)c1. The number of allylic oxidation sites excluding steroid dienone is 1. The van der Waals surface area contributed by atoms with Crippen molar-refractivity contribution in [3.05, 3.63) is 35.9 Å². The van der Waals surface area contributed by atoms with E-state index >= 15 is 0 Å². The minimum atomic E-state index is 0.0624. The molecule has 0 heterocycles. The summed E-state index contributed by atoms with van der Waals surface area (Å²) >= 11 is 0. The smallest absolute Gasteiger partial charge is 0.153 e. The van der Waals surface area contributed by atoms with Crippen molar-refractivity contribution in [3.8, 4) is 11.5 Å². The zero-order valence-corrected chi connectivity index (χ0v) is 11.3. The number of rotatable bonds is 4. The number of hydrogen-bond donors (Lipinski definition) is 0. The molecule has 1 unspecified atom stereocenters. The molecule has 0 saturated carbocycles. The minimum Gasteiger partial charge on any atom is -0.497 e. The maximum Gasteiger partial charge on any atom is 0.153 e. The first-order chi connectivity index (χ1) is 9.33. The largest absolute Gasteiger partial charge is 0.497 e. The molecule has 3 heteroatoms. The van der Waals surface area contributed by atoms with Gasteiger partial charge in [0.05, 0.1) is 12.7 Å². The molecule has 0 radical (unpaired) electrons. The number of aldehydes is 1. The lowest BCUT2D eigenvalue weighted by molar-refractivity contribution is 0.111. The molecular formula is C16H20O3. The van der Waals surface area contributed by atoms with Crippen molar-refractivity contribution in [2.75, 3.05) is 7.11 Å². The molecule has 0 bridgehead atoms. The summed E-state index contributed by atoms with van der Waals surface area (Å²) in [6, 6.07) is 5.32. The van der Waals surface area contributed by atoms with Crippen LogP contribution in [0.1, 0.15) is 42.5 Å². The van der Waals surface area contributed by atoms with Gasteiger partial charge in [0.1, 0.15) is 17.6 Å². The van der Waals surface area contributed by atoms with Crippen LogP contribution in [0.2, 0.25) is 0 Å². The molecule has 1 atom stereocenters. The normalized spacial score (nSPS) is 21.0. The van der Waals surface area contributed by atoms with E-state index in [4.69, 9.17) is 9.47 Å². The first-order valence-electron chi connectivity index (χ1n) is 6.80. The first kappa shape index (κ1) is 13.7. The van der Waals surface area contributed by atoms with E-state index in [0.717, 1.165) is 19.1 Å². The van der Waals surface area contributed by atoms with E-state index in [2.05, 4.69) is 12.2 Å². The van der Waals surface area contributed by atoms with E-state index in [-0.39, 0.29) is 6.10 Å². The molecule has 0 spiro atoms. The summed E-state index contributed by atoms with van der Waals surface area (Å²) in [7, 11) is 1.59. The summed E-state index contributed by atoms with van der Waals surface area (Å²) in [5.74, 6) is 1.30. The van der Waals surface area contributed by atoms with Crippen LogP contribution in [0.4, 0.5) is 0 Å². The van der Waals surface area contributed by atoms with Gasteiger partial charge in [-0.2, -0.15) is 0 Å². The van der Waals surface area contributed by atoms with Crippen molar-refractivity contribution in [1.82, 2.24) is 0 Å². The lowest BCUT2D eigenvalue weighted by Crippen LogP contribution is -2.15. The highest BCUT2D eigenvalue weighted by Gasteiger charge is 2.12. The number of benzene rings is 1. The highest BCUT2D eigenvalue weighted by Crippen LogP contribution is 2.25. The molecule has 0 fully saturated rings. The van der Waals surface area contributed by atoms with Crippen LogP contribution in [0.5, 0.6) is 11.5 Å². The lowest BCUT2D eigenvalue weighted by Gasteiger charge is -2.18. The van der Waals surface area contributed by atoms with E-state index < -0.39 is 0 Å². The second-order valence-electron chi connectivity index (χ2n) is 4.74. The molecular weight excluding hydrogens is 240 g/mol. The van der Waals surface area contributed by atoms with Gasteiger partial charge < -0.3 is 9.47 Å². The Labute approximate surface area is 114 Å². The van der Waals surface area contributed by atoms with E-state index in [9.17, 15) is 4.79 Å². The minimum absolute atomic E-state index is 0.0624. The van der Waals surface area contributed by atoms with E-state index in [1.807, 2.05) is 6.07 Å². The molecule has 0 aromatic heterocycles. The zero-order chi connectivity index (χ0) is 13.5. The Kier molecular flexibility index (Phi) is 5.01. The molecule has 0 amide bonds. The summed E-state index contributed by atoms with van der Waals surface area (Å²) < 4.78 is 11.0. The Balaban J connectivity index is 2.12. The average Bonchev–Trinajstić information content (AvgIpc) is 2.42. The van der Waals surface area contributed by atoms with Crippen LogP contribution in [0.15, 0.2) is 30.4 Å². The molecule has 3 nitrogen and oxygen atoms in total.